The van der Waals surface area contributed by atoms with E-state index in [1.165, 1.54) is 16.9 Å². The summed E-state index contributed by atoms with van der Waals surface area (Å²) in [6.07, 6.45) is 4.01. The van der Waals surface area contributed by atoms with Gasteiger partial charge in [-0.3, -0.25) is 19.5 Å². The lowest BCUT2D eigenvalue weighted by Gasteiger charge is -2.42. The number of pyridine rings is 1. The molecule has 1 aliphatic heterocycles. The molecule has 0 bridgehead atoms. The number of likely N-dealkylation sites (tertiary alicyclic amines) is 1. The molecule has 0 radical (unpaired) electrons. The Kier molecular flexibility index (Phi) is 12.6. The number of halogens is 1. The molecule has 0 amide bonds. The molecule has 0 spiro atoms. The second kappa shape index (κ2) is 15.0. The number of hydrogen-bond donors (Lipinski definition) is 4. The van der Waals surface area contributed by atoms with Crippen molar-refractivity contribution >= 4 is 29.2 Å². The number of carboxylic acid groups (broad SMARTS) is 3. The zero-order chi connectivity index (χ0) is 31.7. The second-order valence-electron chi connectivity index (χ2n) is 11.1. The van der Waals surface area contributed by atoms with Gasteiger partial charge in [0.25, 0.3) is 0 Å². The van der Waals surface area contributed by atoms with Gasteiger partial charge in [-0.2, -0.15) is 4.39 Å². The SMILES string of the molecule is CCO[C@@H](C)[C@]1(CCc2ccc(F)s2)CCN(C(C)(CC)c2ccc(C)nc2)C1.O=C(O)CC(O)(CC(=O)O)C(=O)O. The molecule has 0 aromatic carbocycles. The molecule has 0 aliphatic carbocycles. The van der Waals surface area contributed by atoms with Crippen LogP contribution in [0.3, 0.4) is 0 Å². The Morgan fingerprint density at radius 2 is 1.79 bits per heavy atom. The summed E-state index contributed by atoms with van der Waals surface area (Å²) in [6, 6.07) is 7.85. The molecule has 1 unspecified atom stereocenters. The van der Waals surface area contributed by atoms with Crippen molar-refractivity contribution in [2.24, 2.45) is 5.41 Å². The lowest BCUT2D eigenvalue weighted by molar-refractivity contribution is -0.170. The van der Waals surface area contributed by atoms with Crippen LogP contribution < -0.4 is 0 Å². The molecule has 2 aromatic heterocycles. The molecule has 12 heteroatoms. The van der Waals surface area contributed by atoms with E-state index in [0.717, 1.165) is 56.0 Å². The van der Waals surface area contributed by atoms with Crippen LogP contribution in [0.1, 0.15) is 75.9 Å². The Labute approximate surface area is 250 Å². The fraction of sp³-hybridized carbons (Fsp3) is 0.600. The average molecular weight is 611 g/mol. The minimum Gasteiger partial charge on any atom is -0.481 e. The Balaban J connectivity index is 0.000000401. The Morgan fingerprint density at radius 3 is 2.24 bits per heavy atom. The van der Waals surface area contributed by atoms with E-state index in [0.29, 0.717) is 0 Å². The van der Waals surface area contributed by atoms with Gasteiger partial charge in [0.05, 0.1) is 18.9 Å². The lowest BCUT2D eigenvalue weighted by Crippen LogP contribution is -2.45. The van der Waals surface area contributed by atoms with Gasteiger partial charge in [-0.25, -0.2) is 4.79 Å². The number of carboxylic acids is 3. The highest BCUT2D eigenvalue weighted by Crippen LogP contribution is 2.45. The first-order valence-corrected chi connectivity index (χ1v) is 14.9. The van der Waals surface area contributed by atoms with Crippen molar-refractivity contribution < 1.29 is 43.9 Å². The van der Waals surface area contributed by atoms with Gasteiger partial charge in [0.1, 0.15) is 0 Å². The van der Waals surface area contributed by atoms with Crippen molar-refractivity contribution in [2.45, 2.75) is 90.4 Å². The highest BCUT2D eigenvalue weighted by Gasteiger charge is 2.48. The van der Waals surface area contributed by atoms with Crippen LogP contribution in [0, 0.1) is 17.5 Å². The lowest BCUT2D eigenvalue weighted by atomic mass is 9.77. The third kappa shape index (κ3) is 9.03. The molecule has 10 nitrogen and oxygen atoms in total. The van der Waals surface area contributed by atoms with Crippen LogP contribution in [-0.4, -0.2) is 79.6 Å². The van der Waals surface area contributed by atoms with Gasteiger partial charge in [-0.15, -0.1) is 11.3 Å². The predicted octanol–water partition coefficient (Wildman–Crippen LogP) is 4.72. The number of aromatic nitrogens is 1. The Morgan fingerprint density at radius 1 is 1.14 bits per heavy atom. The van der Waals surface area contributed by atoms with Crippen molar-refractivity contribution in [1.29, 1.82) is 0 Å². The van der Waals surface area contributed by atoms with Crippen molar-refractivity contribution in [1.82, 2.24) is 9.88 Å². The highest BCUT2D eigenvalue weighted by atomic mass is 32.1. The monoisotopic (exact) mass is 610 g/mol. The quantitative estimate of drug-likeness (QED) is 0.236. The molecule has 42 heavy (non-hydrogen) atoms. The maximum atomic E-state index is 13.5. The minimum absolute atomic E-state index is 0.0383. The number of thiophene rings is 1. The van der Waals surface area contributed by atoms with E-state index in [-0.39, 0.29) is 22.2 Å². The number of hydrogen-bond acceptors (Lipinski definition) is 8. The van der Waals surface area contributed by atoms with E-state index in [9.17, 15) is 18.8 Å². The molecule has 0 saturated carbocycles. The zero-order valence-corrected chi connectivity index (χ0v) is 25.7. The molecule has 2 aromatic rings. The number of aliphatic hydroxyl groups is 1. The van der Waals surface area contributed by atoms with Gasteiger partial charge in [0.2, 0.25) is 0 Å². The summed E-state index contributed by atoms with van der Waals surface area (Å²) in [5, 5.41) is 33.7. The van der Waals surface area contributed by atoms with Crippen LogP contribution in [0.15, 0.2) is 30.5 Å². The molecular weight excluding hydrogens is 567 g/mol. The summed E-state index contributed by atoms with van der Waals surface area (Å²) in [7, 11) is 0. The van der Waals surface area contributed by atoms with E-state index < -0.39 is 36.4 Å². The van der Waals surface area contributed by atoms with Crippen LogP contribution in [0.2, 0.25) is 0 Å². The number of rotatable bonds is 14. The van der Waals surface area contributed by atoms with Crippen LogP contribution in [0.4, 0.5) is 4.39 Å². The number of nitrogens with zero attached hydrogens (tertiary/aromatic N) is 2. The molecule has 3 heterocycles. The van der Waals surface area contributed by atoms with E-state index in [1.807, 2.05) is 19.2 Å². The van der Waals surface area contributed by atoms with Crippen LogP contribution in [0.5, 0.6) is 0 Å². The first-order valence-electron chi connectivity index (χ1n) is 14.0. The van der Waals surface area contributed by atoms with Crippen LogP contribution >= 0.6 is 11.3 Å². The van der Waals surface area contributed by atoms with Gasteiger partial charge < -0.3 is 25.2 Å². The largest absolute Gasteiger partial charge is 0.481 e. The van der Waals surface area contributed by atoms with E-state index in [2.05, 4.69) is 49.7 Å². The fourth-order valence-electron chi connectivity index (χ4n) is 5.45. The molecular formula is C30H43FN2O8S. The van der Waals surface area contributed by atoms with Crippen LogP contribution in [-0.2, 0) is 31.1 Å². The first kappa shape index (κ1) is 35.3. The summed E-state index contributed by atoms with van der Waals surface area (Å²) < 4.78 is 19.6. The topological polar surface area (TPSA) is 157 Å². The van der Waals surface area contributed by atoms with Gasteiger partial charge in [0.15, 0.2) is 10.7 Å². The standard InChI is InChI=1S/C24H35FN2OS.C6H8O7/c1-6-23(5,20-9-8-18(3)26-16-20)27-15-14-24(17-27,19(4)28-7-2)13-12-21-10-11-22(25)29-21;7-3(8)1-6(13,5(11)12)2-4(9)10/h8-11,16,19H,6-7,12-15,17H2,1-5H3;13H,1-2H2,(H,7,8)(H,9,10)(H,11,12)/t19-,23?,24+;/m0./s1. The summed E-state index contributed by atoms with van der Waals surface area (Å²) >= 11 is 1.27. The maximum absolute atomic E-state index is 13.5. The van der Waals surface area contributed by atoms with E-state index in [4.69, 9.17) is 25.2 Å². The van der Waals surface area contributed by atoms with Gasteiger partial charge >= 0.3 is 17.9 Å². The number of carbonyl (C=O) groups is 3. The molecule has 4 N–H and O–H groups in total. The third-order valence-electron chi connectivity index (χ3n) is 8.37. The first-order chi connectivity index (χ1) is 19.6. The highest BCUT2D eigenvalue weighted by molar-refractivity contribution is 7.10. The number of ether oxygens (including phenoxy) is 1. The van der Waals surface area contributed by atoms with Crippen molar-refractivity contribution in [3.8, 4) is 0 Å². The molecule has 1 saturated heterocycles. The predicted molar refractivity (Wildman–Crippen MR) is 156 cm³/mol. The number of aryl methyl sites for hydroxylation is 2. The summed E-state index contributed by atoms with van der Waals surface area (Å²) in [6.45, 7) is 13.7. The van der Waals surface area contributed by atoms with Crippen LogP contribution in [0.25, 0.3) is 0 Å². The molecule has 3 rings (SSSR count). The smallest absolute Gasteiger partial charge is 0.336 e. The Bertz CT molecular complexity index is 1190. The fourth-order valence-corrected chi connectivity index (χ4v) is 6.18. The zero-order valence-electron chi connectivity index (χ0n) is 24.9. The van der Waals surface area contributed by atoms with Crippen molar-refractivity contribution in [2.75, 3.05) is 19.7 Å². The van der Waals surface area contributed by atoms with Gasteiger partial charge in [0, 0.05) is 40.9 Å². The maximum Gasteiger partial charge on any atom is 0.336 e. The van der Waals surface area contributed by atoms with Gasteiger partial charge in [-0.05, 0) is 83.7 Å². The summed E-state index contributed by atoms with van der Waals surface area (Å²) in [5.41, 5.74) is -0.353. The minimum atomic E-state index is -2.74. The average Bonchev–Trinajstić information content (AvgIpc) is 3.54. The molecule has 3 atom stereocenters. The van der Waals surface area contributed by atoms with Gasteiger partial charge in [-0.1, -0.05) is 13.0 Å². The summed E-state index contributed by atoms with van der Waals surface area (Å²) in [4.78, 5) is 38.8. The molecule has 234 valence electrons. The molecule has 1 aliphatic rings. The molecule has 1 fully saturated rings. The van der Waals surface area contributed by atoms with E-state index >= 15 is 0 Å². The van der Waals surface area contributed by atoms with E-state index in [1.54, 1.807) is 6.07 Å². The normalized spacial score (nSPS) is 19.4. The summed E-state index contributed by atoms with van der Waals surface area (Å²) in [5.74, 6) is -5.02. The van der Waals surface area contributed by atoms with Crippen molar-refractivity contribution in [3.63, 3.8) is 0 Å². The Hall–Kier alpha value is -2.93. The third-order valence-corrected chi connectivity index (χ3v) is 9.30. The second-order valence-corrected chi connectivity index (χ2v) is 12.2. The van der Waals surface area contributed by atoms with Crippen molar-refractivity contribution in [3.05, 3.63) is 51.7 Å². The number of aliphatic carboxylic acids is 3.